The molecular weight excluding hydrogens is 264 g/mol. The first-order chi connectivity index (χ1) is 10.2. The third kappa shape index (κ3) is 3.32. The van der Waals surface area contributed by atoms with Crippen molar-refractivity contribution in [1.29, 1.82) is 0 Å². The molecule has 3 rings (SSSR count). The van der Waals surface area contributed by atoms with E-state index in [9.17, 15) is 0 Å². The predicted octanol–water partition coefficient (Wildman–Crippen LogP) is 3.12. The Morgan fingerprint density at radius 2 is 1.90 bits per heavy atom. The third-order valence-electron chi connectivity index (χ3n) is 3.60. The van der Waals surface area contributed by atoms with Gasteiger partial charge in [0.25, 0.3) is 0 Å². The predicted molar refractivity (Wildman–Crippen MR) is 80.8 cm³/mol. The van der Waals surface area contributed by atoms with Crippen molar-refractivity contribution in [3.63, 3.8) is 0 Å². The summed E-state index contributed by atoms with van der Waals surface area (Å²) in [5.41, 5.74) is 2.19. The molecule has 110 valence electrons. The van der Waals surface area contributed by atoms with Crippen molar-refractivity contribution in [2.24, 2.45) is 0 Å². The summed E-state index contributed by atoms with van der Waals surface area (Å²) in [6.07, 6.45) is 2.80. The molecule has 1 atom stereocenters. The summed E-state index contributed by atoms with van der Waals surface area (Å²) in [4.78, 5) is 8.91. The van der Waals surface area contributed by atoms with E-state index in [2.05, 4.69) is 23.0 Å². The highest BCUT2D eigenvalue weighted by atomic mass is 16.6. The van der Waals surface area contributed by atoms with Gasteiger partial charge in [-0.25, -0.2) is 9.97 Å². The van der Waals surface area contributed by atoms with Crippen molar-refractivity contribution in [1.82, 2.24) is 9.97 Å². The Hall–Kier alpha value is -2.10. The van der Waals surface area contributed by atoms with Gasteiger partial charge >= 0.3 is 0 Å². The molecule has 2 aromatic rings. The number of nitrogens with zero attached hydrogens (tertiary/aromatic N) is 2. The zero-order valence-corrected chi connectivity index (χ0v) is 12.5. The monoisotopic (exact) mass is 284 g/mol. The molecule has 0 N–H and O–H groups in total. The molecule has 0 amide bonds. The largest absolute Gasteiger partial charge is 0.486 e. The summed E-state index contributed by atoms with van der Waals surface area (Å²) in [6.45, 7) is 4.65. The van der Waals surface area contributed by atoms with Crippen molar-refractivity contribution in [3.05, 3.63) is 47.5 Å². The van der Waals surface area contributed by atoms with Crippen LogP contribution in [-0.4, -0.2) is 22.7 Å². The first-order valence-corrected chi connectivity index (χ1v) is 7.46. The van der Waals surface area contributed by atoms with Gasteiger partial charge in [-0.2, -0.15) is 0 Å². The summed E-state index contributed by atoms with van der Waals surface area (Å²) in [7, 11) is 0. The Bertz CT molecular complexity index is 628. The fourth-order valence-corrected chi connectivity index (χ4v) is 2.52. The number of rotatable bonds is 4. The van der Waals surface area contributed by atoms with Crippen molar-refractivity contribution >= 4 is 0 Å². The van der Waals surface area contributed by atoms with Crippen LogP contribution in [0.5, 0.6) is 11.5 Å². The van der Waals surface area contributed by atoms with Crippen LogP contribution in [0.3, 0.4) is 0 Å². The van der Waals surface area contributed by atoms with Crippen LogP contribution in [0.2, 0.25) is 0 Å². The highest BCUT2D eigenvalue weighted by molar-refractivity contribution is 5.40. The zero-order valence-electron chi connectivity index (χ0n) is 12.5. The minimum atomic E-state index is 0.0836. The van der Waals surface area contributed by atoms with E-state index in [1.807, 2.05) is 31.2 Å². The molecule has 0 fully saturated rings. The topological polar surface area (TPSA) is 44.2 Å². The molecule has 2 heterocycles. The van der Waals surface area contributed by atoms with Gasteiger partial charge in [-0.05, 0) is 44.4 Å². The molecule has 1 aromatic carbocycles. The molecule has 1 aliphatic heterocycles. The van der Waals surface area contributed by atoms with Gasteiger partial charge in [0.2, 0.25) is 0 Å². The summed E-state index contributed by atoms with van der Waals surface area (Å²) in [5, 5.41) is 0. The molecule has 4 heteroatoms. The van der Waals surface area contributed by atoms with Crippen LogP contribution in [0.25, 0.3) is 0 Å². The molecule has 0 saturated heterocycles. The van der Waals surface area contributed by atoms with Crippen LogP contribution in [0.15, 0.2) is 30.3 Å². The highest BCUT2D eigenvalue weighted by Gasteiger charge is 2.20. The second-order valence-corrected chi connectivity index (χ2v) is 5.29. The lowest BCUT2D eigenvalue weighted by Crippen LogP contribution is -2.29. The molecule has 0 bridgehead atoms. The van der Waals surface area contributed by atoms with E-state index >= 15 is 0 Å². The van der Waals surface area contributed by atoms with E-state index in [4.69, 9.17) is 9.47 Å². The summed E-state index contributed by atoms with van der Waals surface area (Å²) in [6, 6.07) is 9.90. The molecule has 0 aliphatic carbocycles. The number of fused-ring (bicyclic) bond motifs is 1. The Balaban J connectivity index is 1.63. The Morgan fingerprint density at radius 3 is 2.71 bits per heavy atom. The van der Waals surface area contributed by atoms with E-state index in [0.29, 0.717) is 6.61 Å². The lowest BCUT2D eigenvalue weighted by Gasteiger charge is -2.26. The van der Waals surface area contributed by atoms with Gasteiger partial charge in [-0.1, -0.05) is 19.1 Å². The van der Waals surface area contributed by atoms with Crippen molar-refractivity contribution in [2.75, 3.05) is 6.61 Å². The molecule has 0 spiro atoms. The number of hydrogen-bond donors (Lipinski definition) is 0. The normalized spacial score (nSPS) is 16.8. The van der Waals surface area contributed by atoms with Crippen molar-refractivity contribution in [3.8, 4) is 11.5 Å². The third-order valence-corrected chi connectivity index (χ3v) is 3.60. The maximum atomic E-state index is 5.97. The maximum Gasteiger partial charge on any atom is 0.161 e. The van der Waals surface area contributed by atoms with Gasteiger partial charge in [-0.3, -0.25) is 0 Å². The molecule has 1 aliphatic rings. The molecule has 21 heavy (non-hydrogen) atoms. The smallest absolute Gasteiger partial charge is 0.161 e. The average molecular weight is 284 g/mol. The number of para-hydroxylation sites is 2. The van der Waals surface area contributed by atoms with E-state index < -0.39 is 0 Å². The average Bonchev–Trinajstić information content (AvgIpc) is 2.52. The van der Waals surface area contributed by atoms with Gasteiger partial charge in [0, 0.05) is 11.4 Å². The lowest BCUT2D eigenvalue weighted by molar-refractivity contribution is 0.0849. The summed E-state index contributed by atoms with van der Waals surface area (Å²) < 4.78 is 11.7. The van der Waals surface area contributed by atoms with E-state index in [1.165, 1.54) is 0 Å². The number of aromatic nitrogens is 2. The van der Waals surface area contributed by atoms with Gasteiger partial charge in [-0.15, -0.1) is 0 Å². The molecule has 0 saturated carbocycles. The van der Waals surface area contributed by atoms with Crippen LogP contribution >= 0.6 is 0 Å². The zero-order chi connectivity index (χ0) is 14.7. The van der Waals surface area contributed by atoms with Gasteiger partial charge in [0.1, 0.15) is 18.5 Å². The lowest BCUT2D eigenvalue weighted by atomic mass is 10.1. The second-order valence-electron chi connectivity index (χ2n) is 5.29. The Kier molecular flexibility index (Phi) is 4.04. The van der Waals surface area contributed by atoms with Crippen LogP contribution in [0.4, 0.5) is 0 Å². The number of hydrogen-bond acceptors (Lipinski definition) is 4. The van der Waals surface area contributed by atoms with Crippen LogP contribution in [-0.2, 0) is 12.8 Å². The molecular formula is C17H20N2O2. The molecule has 0 radical (unpaired) electrons. The number of aryl methyl sites for hydroxylation is 3. The van der Waals surface area contributed by atoms with Crippen LogP contribution in [0.1, 0.15) is 30.6 Å². The van der Waals surface area contributed by atoms with Crippen LogP contribution < -0.4 is 9.47 Å². The van der Waals surface area contributed by atoms with E-state index in [1.54, 1.807) is 0 Å². The first-order valence-electron chi connectivity index (χ1n) is 7.46. The van der Waals surface area contributed by atoms with Crippen molar-refractivity contribution in [2.45, 2.75) is 39.2 Å². The quantitative estimate of drug-likeness (QED) is 0.865. The summed E-state index contributed by atoms with van der Waals surface area (Å²) >= 11 is 0. The fourth-order valence-electron chi connectivity index (χ4n) is 2.52. The Labute approximate surface area is 125 Å². The second kappa shape index (κ2) is 6.12. The minimum absolute atomic E-state index is 0.0836. The van der Waals surface area contributed by atoms with Crippen LogP contribution in [0, 0.1) is 6.92 Å². The Morgan fingerprint density at radius 1 is 1.14 bits per heavy atom. The number of benzene rings is 1. The molecule has 1 unspecified atom stereocenters. The van der Waals surface area contributed by atoms with E-state index in [0.717, 1.165) is 48.0 Å². The fraction of sp³-hybridized carbons (Fsp3) is 0.412. The molecule has 4 nitrogen and oxygen atoms in total. The summed E-state index contributed by atoms with van der Waals surface area (Å²) in [5.74, 6) is 2.51. The number of ether oxygens (including phenoxy) is 2. The minimum Gasteiger partial charge on any atom is -0.486 e. The van der Waals surface area contributed by atoms with Crippen molar-refractivity contribution < 1.29 is 9.47 Å². The molecule has 1 aromatic heterocycles. The first kappa shape index (κ1) is 13.9. The standard InChI is InChI=1S/C17H20N2O2/c1-3-13-10-14(19-12(2)18-13)8-9-15-11-20-16-6-4-5-7-17(16)21-15/h4-7,10,15H,3,8-9,11H2,1-2H3. The SMILES string of the molecule is CCc1cc(CCC2COc3ccccc3O2)nc(C)n1. The maximum absolute atomic E-state index is 5.97. The highest BCUT2D eigenvalue weighted by Crippen LogP contribution is 2.31. The van der Waals surface area contributed by atoms with Gasteiger partial charge in [0.15, 0.2) is 11.5 Å². The van der Waals surface area contributed by atoms with E-state index in [-0.39, 0.29) is 6.10 Å². The van der Waals surface area contributed by atoms with Gasteiger partial charge in [0.05, 0.1) is 0 Å². The van der Waals surface area contributed by atoms with Gasteiger partial charge < -0.3 is 9.47 Å².